The van der Waals surface area contributed by atoms with E-state index in [-0.39, 0.29) is 5.91 Å². The summed E-state index contributed by atoms with van der Waals surface area (Å²) >= 11 is 11.9. The van der Waals surface area contributed by atoms with E-state index in [9.17, 15) is 4.79 Å². The minimum atomic E-state index is -0.295. The summed E-state index contributed by atoms with van der Waals surface area (Å²) in [7, 11) is 1.61. The van der Waals surface area contributed by atoms with Crippen LogP contribution in [0.4, 0.5) is 5.69 Å². The maximum Gasteiger partial charge on any atom is 0.255 e. The van der Waals surface area contributed by atoms with Gasteiger partial charge >= 0.3 is 0 Å². The number of carbonyl (C=O) groups excluding carboxylic acids is 1. The quantitative estimate of drug-likeness (QED) is 0.442. The summed E-state index contributed by atoms with van der Waals surface area (Å²) in [6.07, 6.45) is 0. The second kappa shape index (κ2) is 7.54. The number of oxazole rings is 1. The number of rotatable bonds is 4. The van der Waals surface area contributed by atoms with Crippen molar-refractivity contribution in [2.75, 3.05) is 12.4 Å². The number of nitrogens with zero attached hydrogens (tertiary/aromatic N) is 1. The fraction of sp³-hybridized carbons (Fsp3) is 0.0476. The number of benzene rings is 3. The van der Waals surface area contributed by atoms with Gasteiger partial charge in [-0.25, -0.2) is 4.98 Å². The zero-order valence-electron chi connectivity index (χ0n) is 14.7. The van der Waals surface area contributed by atoms with Gasteiger partial charge in [-0.1, -0.05) is 23.2 Å². The summed E-state index contributed by atoms with van der Waals surface area (Å²) in [6.45, 7) is 0. The molecule has 4 rings (SSSR count). The third-order valence-electron chi connectivity index (χ3n) is 4.16. The SMILES string of the molecule is COc1ccc(-c2nc3cc(NC(=O)c4ccc(Cl)c(Cl)c4)ccc3o2)cc1. The Hall–Kier alpha value is -3.02. The van der Waals surface area contributed by atoms with Crippen LogP contribution in [0.25, 0.3) is 22.6 Å². The molecule has 0 aliphatic rings. The lowest BCUT2D eigenvalue weighted by Crippen LogP contribution is -2.11. The maximum atomic E-state index is 12.4. The Bertz CT molecular complexity index is 1170. The van der Waals surface area contributed by atoms with E-state index in [1.807, 2.05) is 24.3 Å². The predicted octanol–water partition coefficient (Wildman–Crippen LogP) is 6.06. The second-order valence-electron chi connectivity index (χ2n) is 6.01. The molecule has 0 fully saturated rings. The average molecular weight is 413 g/mol. The number of amides is 1. The van der Waals surface area contributed by atoms with Crippen molar-refractivity contribution < 1.29 is 13.9 Å². The Kier molecular flexibility index (Phi) is 4.94. The molecule has 0 aliphatic carbocycles. The van der Waals surface area contributed by atoms with E-state index in [1.54, 1.807) is 37.4 Å². The van der Waals surface area contributed by atoms with E-state index >= 15 is 0 Å². The molecular formula is C21H14Cl2N2O3. The average Bonchev–Trinajstić information content (AvgIpc) is 3.13. The topological polar surface area (TPSA) is 64.4 Å². The van der Waals surface area contributed by atoms with Crippen molar-refractivity contribution >= 4 is 45.9 Å². The molecule has 0 atom stereocenters. The Morgan fingerprint density at radius 3 is 2.50 bits per heavy atom. The molecular weight excluding hydrogens is 399 g/mol. The van der Waals surface area contributed by atoms with Crippen molar-refractivity contribution in [3.63, 3.8) is 0 Å². The molecule has 1 N–H and O–H groups in total. The number of halogens is 2. The van der Waals surface area contributed by atoms with Crippen LogP contribution in [0, 0.1) is 0 Å². The van der Waals surface area contributed by atoms with Crippen LogP contribution in [0.3, 0.4) is 0 Å². The molecule has 0 bridgehead atoms. The summed E-state index contributed by atoms with van der Waals surface area (Å²) in [4.78, 5) is 16.9. The lowest BCUT2D eigenvalue weighted by molar-refractivity contribution is 0.102. The van der Waals surface area contributed by atoms with E-state index < -0.39 is 0 Å². The maximum absolute atomic E-state index is 12.4. The third-order valence-corrected chi connectivity index (χ3v) is 4.90. The Balaban J connectivity index is 1.58. The smallest absolute Gasteiger partial charge is 0.255 e. The number of ether oxygens (including phenoxy) is 1. The number of aromatic nitrogens is 1. The molecule has 5 nitrogen and oxygen atoms in total. The molecule has 7 heteroatoms. The number of methoxy groups -OCH3 is 1. The van der Waals surface area contributed by atoms with E-state index in [4.69, 9.17) is 32.4 Å². The third kappa shape index (κ3) is 3.67. The van der Waals surface area contributed by atoms with Gasteiger partial charge in [0, 0.05) is 16.8 Å². The molecule has 1 aromatic heterocycles. The molecule has 0 saturated heterocycles. The Morgan fingerprint density at radius 1 is 1.00 bits per heavy atom. The van der Waals surface area contributed by atoms with Gasteiger partial charge in [0.2, 0.25) is 5.89 Å². The molecule has 28 heavy (non-hydrogen) atoms. The summed E-state index contributed by atoms with van der Waals surface area (Å²) in [5.41, 5.74) is 3.10. The first-order valence-electron chi connectivity index (χ1n) is 8.35. The van der Waals surface area contributed by atoms with Crippen LogP contribution in [0.15, 0.2) is 65.1 Å². The van der Waals surface area contributed by atoms with Crippen LogP contribution in [0.1, 0.15) is 10.4 Å². The van der Waals surface area contributed by atoms with Crippen LogP contribution >= 0.6 is 23.2 Å². The molecule has 3 aromatic carbocycles. The summed E-state index contributed by atoms with van der Waals surface area (Å²) in [5, 5.41) is 3.54. The molecule has 140 valence electrons. The van der Waals surface area contributed by atoms with Gasteiger partial charge in [-0.2, -0.15) is 0 Å². The molecule has 0 saturated carbocycles. The van der Waals surface area contributed by atoms with Gasteiger partial charge in [0.1, 0.15) is 11.3 Å². The highest BCUT2D eigenvalue weighted by Crippen LogP contribution is 2.28. The largest absolute Gasteiger partial charge is 0.497 e. The fourth-order valence-corrected chi connectivity index (χ4v) is 3.00. The number of nitrogens with one attached hydrogen (secondary N) is 1. The lowest BCUT2D eigenvalue weighted by Gasteiger charge is -2.06. The van der Waals surface area contributed by atoms with Crippen LogP contribution in [0.2, 0.25) is 10.0 Å². The highest BCUT2D eigenvalue weighted by atomic mass is 35.5. The van der Waals surface area contributed by atoms with Gasteiger partial charge < -0.3 is 14.5 Å². The number of fused-ring (bicyclic) bond motifs is 1. The minimum absolute atomic E-state index is 0.295. The molecule has 4 aromatic rings. The zero-order valence-corrected chi connectivity index (χ0v) is 16.2. The molecule has 1 heterocycles. The number of carbonyl (C=O) groups is 1. The zero-order chi connectivity index (χ0) is 19.7. The molecule has 1 amide bonds. The molecule has 0 unspecified atom stereocenters. The predicted molar refractivity (Wildman–Crippen MR) is 110 cm³/mol. The van der Waals surface area contributed by atoms with Crippen molar-refractivity contribution in [2.45, 2.75) is 0 Å². The van der Waals surface area contributed by atoms with Crippen molar-refractivity contribution in [3.8, 4) is 17.2 Å². The summed E-state index contributed by atoms with van der Waals surface area (Å²) < 4.78 is 11.0. The number of hydrogen-bond acceptors (Lipinski definition) is 4. The normalized spacial score (nSPS) is 10.8. The van der Waals surface area contributed by atoms with Gasteiger partial charge in [0.25, 0.3) is 5.91 Å². The van der Waals surface area contributed by atoms with E-state index in [0.29, 0.717) is 38.3 Å². The lowest BCUT2D eigenvalue weighted by atomic mass is 10.2. The van der Waals surface area contributed by atoms with Gasteiger partial charge in [0.05, 0.1) is 17.2 Å². The van der Waals surface area contributed by atoms with Crippen molar-refractivity contribution in [2.24, 2.45) is 0 Å². The van der Waals surface area contributed by atoms with Crippen molar-refractivity contribution in [1.82, 2.24) is 4.98 Å². The van der Waals surface area contributed by atoms with Gasteiger partial charge in [-0.15, -0.1) is 0 Å². The molecule has 0 radical (unpaired) electrons. The van der Waals surface area contributed by atoms with Crippen LogP contribution in [0.5, 0.6) is 5.75 Å². The molecule has 0 spiro atoms. The van der Waals surface area contributed by atoms with E-state index in [0.717, 1.165) is 11.3 Å². The van der Waals surface area contributed by atoms with E-state index in [2.05, 4.69) is 10.3 Å². The van der Waals surface area contributed by atoms with Crippen LogP contribution in [-0.2, 0) is 0 Å². The van der Waals surface area contributed by atoms with Gasteiger partial charge in [-0.05, 0) is 60.7 Å². The fourth-order valence-electron chi connectivity index (χ4n) is 2.70. The number of hydrogen-bond donors (Lipinski definition) is 1. The monoisotopic (exact) mass is 412 g/mol. The number of anilines is 1. The minimum Gasteiger partial charge on any atom is -0.497 e. The highest BCUT2D eigenvalue weighted by Gasteiger charge is 2.12. The first kappa shape index (κ1) is 18.3. The van der Waals surface area contributed by atoms with Crippen LogP contribution in [-0.4, -0.2) is 18.0 Å². The van der Waals surface area contributed by atoms with Gasteiger partial charge in [-0.3, -0.25) is 4.79 Å². The van der Waals surface area contributed by atoms with Crippen molar-refractivity contribution in [1.29, 1.82) is 0 Å². The second-order valence-corrected chi connectivity index (χ2v) is 6.83. The standard InChI is InChI=1S/C21H14Cl2N2O3/c1-27-15-6-2-12(3-7-15)21-25-18-11-14(5-9-19(18)28-21)24-20(26)13-4-8-16(22)17(23)10-13/h2-11H,1H3,(H,24,26). The van der Waals surface area contributed by atoms with Crippen molar-refractivity contribution in [3.05, 3.63) is 76.3 Å². The Labute approximate surface area is 170 Å². The van der Waals surface area contributed by atoms with Gasteiger partial charge in [0.15, 0.2) is 5.58 Å². The molecule has 0 aliphatic heterocycles. The Morgan fingerprint density at radius 2 is 1.79 bits per heavy atom. The highest BCUT2D eigenvalue weighted by molar-refractivity contribution is 6.42. The van der Waals surface area contributed by atoms with E-state index in [1.165, 1.54) is 6.07 Å². The van der Waals surface area contributed by atoms with Crippen LogP contribution < -0.4 is 10.1 Å². The first-order valence-corrected chi connectivity index (χ1v) is 9.10. The summed E-state index contributed by atoms with van der Waals surface area (Å²) in [6, 6.07) is 17.4. The summed E-state index contributed by atoms with van der Waals surface area (Å²) in [5.74, 6) is 0.953. The first-order chi connectivity index (χ1) is 13.5.